The second kappa shape index (κ2) is 25.1. The number of hydrogen-bond acceptors (Lipinski definition) is 27. The standard InChI is InChI=1S/C58H94O27/c1-8-27(62)29-15-23(2)58(85-29)20-54(4)13-11-25-26(57(54,7)21-58)9-10-33-55(25,5)14-12-34(56(33,6)22-61)81-50-44(73)42(71)38(67)32(80-50)19-76-52-47(36(65)28(63)18-75-52)83-53-48(84-49-43(72)40(69)35(64)24(3)77-49)46(39(68)31(17-60)79-53)82-51-45(74)41(70)37(66)30(16-59)78-51/h23-24,28-53,59-61,63-74H,8-22H2,1-7H3/t23-,24+,28+,29+,30-,31-,32-,33-,34+,35+,36+,37-,38-,39-,40-,41+,42+,43-,44-,45-,46+,47-,48-,49+,50+,51+,52+,53+,54-,55-,56-,57+,58+/m1/s1. The topological polar surface area (TPSA) is 422 Å². The van der Waals surface area contributed by atoms with Crippen LogP contribution in [-0.4, -0.2) is 281 Å². The molecule has 0 unspecified atom stereocenters. The van der Waals surface area contributed by atoms with Gasteiger partial charge in [0, 0.05) is 11.8 Å². The molecule has 6 saturated heterocycles. The summed E-state index contributed by atoms with van der Waals surface area (Å²) < 4.78 is 67.2. The minimum absolute atomic E-state index is 0.0445. The van der Waals surface area contributed by atoms with Gasteiger partial charge in [-0.2, -0.15) is 0 Å². The van der Waals surface area contributed by atoms with Crippen LogP contribution in [0.25, 0.3) is 0 Å². The van der Waals surface area contributed by atoms with Crippen LogP contribution >= 0.6 is 0 Å². The minimum atomic E-state index is -2.05. The van der Waals surface area contributed by atoms with E-state index in [1.54, 1.807) is 0 Å². The van der Waals surface area contributed by atoms with Crippen molar-refractivity contribution in [2.45, 2.75) is 278 Å². The van der Waals surface area contributed by atoms with Crippen molar-refractivity contribution in [3.63, 3.8) is 0 Å². The maximum absolute atomic E-state index is 13.0. The van der Waals surface area contributed by atoms with E-state index < -0.39 is 191 Å². The first kappa shape index (κ1) is 66.3. The van der Waals surface area contributed by atoms with Gasteiger partial charge in [0.1, 0.15) is 116 Å². The Balaban J connectivity index is 0.858. The zero-order valence-corrected chi connectivity index (χ0v) is 49.4. The normalized spacial score (nSPS) is 54.7. The van der Waals surface area contributed by atoms with Crippen molar-refractivity contribution in [3.8, 4) is 0 Å². The van der Waals surface area contributed by atoms with Gasteiger partial charge in [-0.1, -0.05) is 52.7 Å². The third kappa shape index (κ3) is 11.4. The van der Waals surface area contributed by atoms with Crippen LogP contribution in [0.5, 0.6) is 0 Å². The Labute approximate surface area is 493 Å². The van der Waals surface area contributed by atoms with Crippen molar-refractivity contribution in [2.24, 2.45) is 33.5 Å². The number of ketones is 1. The summed E-state index contributed by atoms with van der Waals surface area (Å²) in [5.74, 6) is 0.297. The molecule has 488 valence electrons. The van der Waals surface area contributed by atoms with Crippen molar-refractivity contribution in [2.75, 3.05) is 33.0 Å². The van der Waals surface area contributed by atoms with Crippen molar-refractivity contribution < 1.29 is 133 Å². The molecule has 0 amide bonds. The average molecular weight is 1220 g/mol. The summed E-state index contributed by atoms with van der Waals surface area (Å²) in [6.07, 6.45) is -36.8. The van der Waals surface area contributed by atoms with E-state index in [4.69, 9.17) is 52.1 Å². The summed E-state index contributed by atoms with van der Waals surface area (Å²) in [7, 11) is 0. The minimum Gasteiger partial charge on any atom is -0.396 e. The van der Waals surface area contributed by atoms with Gasteiger partial charge in [-0.3, -0.25) is 4.79 Å². The van der Waals surface area contributed by atoms with Gasteiger partial charge >= 0.3 is 0 Å². The number of Topliss-reactive ketones (excluding diaryl/α,β-unsaturated/α-hetero) is 1. The molecule has 0 bridgehead atoms. The van der Waals surface area contributed by atoms with Crippen LogP contribution in [-0.2, 0) is 56.9 Å². The highest BCUT2D eigenvalue weighted by Gasteiger charge is 2.69. The Morgan fingerprint density at radius 3 is 1.80 bits per heavy atom. The van der Waals surface area contributed by atoms with E-state index in [1.165, 1.54) is 18.1 Å². The van der Waals surface area contributed by atoms with E-state index >= 15 is 0 Å². The molecule has 6 heterocycles. The van der Waals surface area contributed by atoms with Gasteiger partial charge in [0.2, 0.25) is 0 Å². The van der Waals surface area contributed by atoms with Crippen molar-refractivity contribution in [1.29, 1.82) is 0 Å². The third-order valence-corrected chi connectivity index (χ3v) is 22.3. The fraction of sp³-hybridized carbons (Fsp3) is 0.948. The molecule has 10 aliphatic rings. The number of hydrogen-bond donors (Lipinski definition) is 15. The maximum Gasteiger partial charge on any atom is 0.187 e. The van der Waals surface area contributed by atoms with E-state index in [2.05, 4.69) is 27.7 Å². The fourth-order valence-corrected chi connectivity index (χ4v) is 16.8. The average Bonchev–Trinajstić information content (AvgIpc) is 1.62. The summed E-state index contributed by atoms with van der Waals surface area (Å²) in [5, 5.41) is 165. The van der Waals surface area contributed by atoms with Gasteiger partial charge in [0.15, 0.2) is 37.2 Å². The van der Waals surface area contributed by atoms with Gasteiger partial charge in [-0.25, -0.2) is 0 Å². The number of ether oxygens (including phenoxy) is 11. The van der Waals surface area contributed by atoms with Crippen molar-refractivity contribution in [1.82, 2.24) is 0 Å². The lowest BCUT2D eigenvalue weighted by molar-refractivity contribution is -0.406. The van der Waals surface area contributed by atoms with E-state index in [1.807, 2.05) is 13.8 Å². The van der Waals surface area contributed by atoms with Gasteiger partial charge in [0.25, 0.3) is 0 Å². The molecule has 8 fully saturated rings. The van der Waals surface area contributed by atoms with E-state index in [0.717, 1.165) is 44.9 Å². The molecule has 33 atom stereocenters. The summed E-state index contributed by atoms with van der Waals surface area (Å²) in [6.45, 7) is 11.2. The lowest BCUT2D eigenvalue weighted by Crippen LogP contribution is -2.68. The van der Waals surface area contributed by atoms with E-state index in [0.29, 0.717) is 19.3 Å². The van der Waals surface area contributed by atoms with Crippen LogP contribution in [0, 0.1) is 33.5 Å². The molecule has 2 saturated carbocycles. The molecule has 27 nitrogen and oxygen atoms in total. The molecule has 0 radical (unpaired) electrons. The largest absolute Gasteiger partial charge is 0.396 e. The van der Waals surface area contributed by atoms with Gasteiger partial charge < -0.3 is 129 Å². The lowest BCUT2D eigenvalue weighted by Gasteiger charge is -2.62. The van der Waals surface area contributed by atoms with Crippen LogP contribution in [0.4, 0.5) is 0 Å². The van der Waals surface area contributed by atoms with Crippen LogP contribution in [0.2, 0.25) is 0 Å². The summed E-state index contributed by atoms with van der Waals surface area (Å²) >= 11 is 0. The maximum atomic E-state index is 13.0. The zero-order valence-electron chi connectivity index (χ0n) is 49.4. The SMILES string of the molecule is CCC(=O)[C@@H]1C[C@@H](C)[C@@]2(C[C@@]3(C)CCC4=C(CC[C@H]5[C@@](C)(CO)[C@@H](O[C@@H]6O[C@H](CO[C@@H]7OC[C@H](O)[C@H](O)[C@H]7O[C@@H]7O[C@H](CO)[C@@H](O)[C@H](O[C@@H]8O[C@H](CO)[C@@H](O)[C@H](O)[C@H]8O)[C@H]7O[C@@H]7O[C@@H](C)[C@H](O)[C@@H](O)[C@H]7O)[C@@H](O)[C@H](O)[C@H]6O)CC[C@]45C)[C@]3(C)C2)O1. The smallest absolute Gasteiger partial charge is 0.187 e. The van der Waals surface area contributed by atoms with Crippen LogP contribution < -0.4 is 0 Å². The molecule has 0 aromatic heterocycles. The fourth-order valence-electron chi connectivity index (χ4n) is 16.8. The number of carbonyl (C=O) groups excluding carboxylic acids is 1. The summed E-state index contributed by atoms with van der Waals surface area (Å²) in [4.78, 5) is 13.0. The predicted octanol–water partition coefficient (Wildman–Crippen LogP) is -3.62. The number of allylic oxidation sites excluding steroid dienone is 2. The predicted molar refractivity (Wildman–Crippen MR) is 285 cm³/mol. The van der Waals surface area contributed by atoms with Crippen LogP contribution in [0.15, 0.2) is 11.1 Å². The van der Waals surface area contributed by atoms with Crippen molar-refractivity contribution in [3.05, 3.63) is 11.1 Å². The molecule has 0 aromatic rings. The highest BCUT2D eigenvalue weighted by molar-refractivity contribution is 5.83. The Morgan fingerprint density at radius 1 is 0.576 bits per heavy atom. The van der Waals surface area contributed by atoms with Gasteiger partial charge in [-0.15, -0.1) is 0 Å². The highest BCUT2D eigenvalue weighted by Crippen LogP contribution is 2.74. The third-order valence-electron chi connectivity index (χ3n) is 22.3. The first-order chi connectivity index (χ1) is 40.0. The molecule has 6 aliphatic heterocycles. The molecule has 27 heteroatoms. The molecule has 4 aliphatic carbocycles. The summed E-state index contributed by atoms with van der Waals surface area (Å²) in [5.41, 5.74) is 1.05. The first-order valence-corrected chi connectivity index (χ1v) is 30.5. The van der Waals surface area contributed by atoms with E-state index in [9.17, 15) is 81.4 Å². The molecule has 85 heavy (non-hydrogen) atoms. The van der Waals surface area contributed by atoms with E-state index in [-0.39, 0.29) is 46.6 Å². The molecular formula is C58H94O27. The highest BCUT2D eigenvalue weighted by atomic mass is 16.8. The Hall–Kier alpha value is -1.63. The number of aliphatic hydroxyl groups excluding tert-OH is 15. The number of carbonyl (C=O) groups is 1. The molecular weight excluding hydrogens is 1130 g/mol. The lowest BCUT2D eigenvalue weighted by atomic mass is 9.44. The molecule has 0 aromatic carbocycles. The summed E-state index contributed by atoms with van der Waals surface area (Å²) in [6, 6.07) is 0. The van der Waals surface area contributed by atoms with Gasteiger partial charge in [-0.05, 0) is 92.8 Å². The van der Waals surface area contributed by atoms with Crippen LogP contribution in [0.1, 0.15) is 113 Å². The van der Waals surface area contributed by atoms with Crippen molar-refractivity contribution >= 4 is 5.78 Å². The number of fused-ring (bicyclic) bond motifs is 4. The quantitative estimate of drug-likeness (QED) is 0.0664. The Kier molecular flexibility index (Phi) is 19.6. The van der Waals surface area contributed by atoms with Gasteiger partial charge in [0.05, 0.1) is 50.8 Å². The monoisotopic (exact) mass is 1220 g/mol. The first-order valence-electron chi connectivity index (χ1n) is 30.5. The molecule has 15 N–H and O–H groups in total. The Morgan fingerprint density at radius 2 is 1.15 bits per heavy atom. The molecule has 1 spiro atoms. The second-order valence-electron chi connectivity index (χ2n) is 27.2. The molecule has 10 rings (SSSR count). The number of rotatable bonds is 16. The Bertz CT molecular complexity index is 2350. The van der Waals surface area contributed by atoms with Crippen LogP contribution in [0.3, 0.4) is 0 Å². The second-order valence-corrected chi connectivity index (χ2v) is 27.2. The zero-order chi connectivity index (χ0) is 61.8. The number of aliphatic hydroxyl groups is 15.